The third-order valence-electron chi connectivity index (χ3n) is 6.79. The van der Waals surface area contributed by atoms with Gasteiger partial charge in [-0.15, -0.1) is 0 Å². The molecular formula is C30H35Cl2N3O5S. The molecule has 2 atom stereocenters. The summed E-state index contributed by atoms with van der Waals surface area (Å²) in [6.45, 7) is 6.54. The summed E-state index contributed by atoms with van der Waals surface area (Å²) in [7, 11) is -2.74. The molecule has 0 aliphatic carbocycles. The van der Waals surface area contributed by atoms with Gasteiger partial charge in [0.15, 0.2) is 0 Å². The summed E-state index contributed by atoms with van der Waals surface area (Å²) >= 11 is 12.9. The molecule has 0 spiro atoms. The highest BCUT2D eigenvalue weighted by Crippen LogP contribution is 2.29. The highest BCUT2D eigenvalue weighted by Gasteiger charge is 2.33. The van der Waals surface area contributed by atoms with Gasteiger partial charge < -0.3 is 15.0 Å². The lowest BCUT2D eigenvalue weighted by Crippen LogP contribution is -2.52. The van der Waals surface area contributed by atoms with E-state index in [1.807, 2.05) is 20.8 Å². The second kappa shape index (κ2) is 14.1. The van der Waals surface area contributed by atoms with Crippen LogP contribution in [-0.2, 0) is 26.2 Å². The molecule has 3 aromatic rings. The summed E-state index contributed by atoms with van der Waals surface area (Å²) in [6.07, 6.45) is 0.696. The van der Waals surface area contributed by atoms with Gasteiger partial charge in [-0.1, -0.05) is 60.0 Å². The van der Waals surface area contributed by atoms with Gasteiger partial charge in [-0.2, -0.15) is 0 Å². The summed E-state index contributed by atoms with van der Waals surface area (Å²) < 4.78 is 34.2. The number of benzene rings is 3. The number of hydrogen-bond donors (Lipinski definition) is 1. The van der Waals surface area contributed by atoms with Gasteiger partial charge in [0, 0.05) is 34.3 Å². The van der Waals surface area contributed by atoms with Gasteiger partial charge in [0.25, 0.3) is 10.0 Å². The van der Waals surface area contributed by atoms with Crippen LogP contribution in [0.2, 0.25) is 10.0 Å². The van der Waals surface area contributed by atoms with Crippen molar-refractivity contribution in [2.24, 2.45) is 0 Å². The van der Waals surface area contributed by atoms with Crippen LogP contribution in [0.15, 0.2) is 71.6 Å². The fraction of sp³-hybridized carbons (Fsp3) is 0.333. The Morgan fingerprint density at radius 1 is 0.976 bits per heavy atom. The van der Waals surface area contributed by atoms with Crippen LogP contribution in [0.3, 0.4) is 0 Å². The predicted octanol–water partition coefficient (Wildman–Crippen LogP) is 5.84. The molecule has 41 heavy (non-hydrogen) atoms. The Morgan fingerprint density at radius 2 is 1.59 bits per heavy atom. The van der Waals surface area contributed by atoms with Crippen LogP contribution in [0.4, 0.5) is 5.69 Å². The summed E-state index contributed by atoms with van der Waals surface area (Å²) in [5.41, 5.74) is 1.56. The number of ether oxygens (including phenoxy) is 1. The Hall–Kier alpha value is -3.27. The minimum absolute atomic E-state index is 0.0157. The molecule has 0 heterocycles. The van der Waals surface area contributed by atoms with E-state index in [4.69, 9.17) is 27.9 Å². The van der Waals surface area contributed by atoms with Gasteiger partial charge in [0.2, 0.25) is 11.8 Å². The van der Waals surface area contributed by atoms with Crippen molar-refractivity contribution in [2.45, 2.75) is 57.6 Å². The Labute approximate surface area is 252 Å². The maximum atomic E-state index is 14.1. The van der Waals surface area contributed by atoms with Crippen LogP contribution < -0.4 is 14.4 Å². The lowest BCUT2D eigenvalue weighted by atomic mass is 10.1. The molecule has 0 radical (unpaired) electrons. The first-order chi connectivity index (χ1) is 19.4. The fourth-order valence-corrected chi connectivity index (χ4v) is 5.96. The van der Waals surface area contributed by atoms with Gasteiger partial charge in [0.05, 0.1) is 17.7 Å². The smallest absolute Gasteiger partial charge is 0.264 e. The molecular weight excluding hydrogens is 585 g/mol. The molecule has 11 heteroatoms. The molecule has 3 aromatic carbocycles. The van der Waals surface area contributed by atoms with Crippen LogP contribution in [0.1, 0.15) is 38.3 Å². The first-order valence-electron chi connectivity index (χ1n) is 13.1. The fourth-order valence-electron chi connectivity index (χ4n) is 4.03. The largest absolute Gasteiger partial charge is 0.497 e. The number of amides is 2. The molecule has 0 saturated heterocycles. The molecule has 0 fully saturated rings. The normalized spacial score (nSPS) is 12.8. The number of sulfonamides is 1. The lowest BCUT2D eigenvalue weighted by molar-refractivity contribution is -0.139. The molecule has 0 saturated carbocycles. The van der Waals surface area contributed by atoms with E-state index in [1.165, 1.54) is 30.2 Å². The second-order valence-electron chi connectivity index (χ2n) is 9.74. The molecule has 0 aromatic heterocycles. The number of nitrogens with one attached hydrogen (secondary N) is 1. The maximum Gasteiger partial charge on any atom is 0.264 e. The third kappa shape index (κ3) is 7.93. The van der Waals surface area contributed by atoms with E-state index in [9.17, 15) is 18.0 Å². The molecule has 1 N–H and O–H groups in total. The number of aryl methyl sites for hydroxylation is 1. The van der Waals surface area contributed by atoms with Crippen LogP contribution in [0.5, 0.6) is 5.75 Å². The maximum absolute atomic E-state index is 14.1. The number of methoxy groups -OCH3 is 1. The van der Waals surface area contributed by atoms with Crippen molar-refractivity contribution < 1.29 is 22.7 Å². The molecule has 0 aliphatic rings. The van der Waals surface area contributed by atoms with Crippen molar-refractivity contribution in [1.29, 1.82) is 0 Å². The van der Waals surface area contributed by atoms with Crippen LogP contribution >= 0.6 is 23.2 Å². The van der Waals surface area contributed by atoms with E-state index in [0.29, 0.717) is 27.8 Å². The Kier molecular flexibility index (Phi) is 11.1. The van der Waals surface area contributed by atoms with Gasteiger partial charge in [-0.3, -0.25) is 13.9 Å². The first kappa shape index (κ1) is 32.2. The number of anilines is 1. The van der Waals surface area contributed by atoms with Crippen LogP contribution in [0, 0.1) is 6.92 Å². The summed E-state index contributed by atoms with van der Waals surface area (Å²) in [6, 6.07) is 16.7. The molecule has 2 amide bonds. The zero-order valence-electron chi connectivity index (χ0n) is 23.7. The standard InChI is InChI=1S/C30H35Cl2N3O5S/c1-6-21(3)33-30(37)22(4)34(18-26-27(31)11-8-12-28(26)32)29(36)19-35(23-9-7-10-24(17-23)40-5)41(38,39)25-15-13-20(2)14-16-25/h7-17,21-22H,6,18-19H2,1-5H3,(H,33,37)/t21-,22-/m1/s1. The van der Waals surface area contributed by atoms with Crippen molar-refractivity contribution in [3.8, 4) is 5.75 Å². The highest BCUT2D eigenvalue weighted by molar-refractivity contribution is 7.92. The van der Waals surface area contributed by atoms with Crippen molar-refractivity contribution in [3.05, 3.63) is 87.9 Å². The molecule has 3 rings (SSSR count). The molecule has 0 unspecified atom stereocenters. The van der Waals surface area contributed by atoms with Crippen molar-refractivity contribution >= 4 is 50.7 Å². The van der Waals surface area contributed by atoms with Crippen molar-refractivity contribution in [2.75, 3.05) is 18.0 Å². The van der Waals surface area contributed by atoms with Gasteiger partial charge in [-0.05, 0) is 63.6 Å². The third-order valence-corrected chi connectivity index (χ3v) is 9.28. The zero-order chi connectivity index (χ0) is 30.3. The Bertz CT molecular complexity index is 1460. The molecule has 0 aliphatic heterocycles. The lowest BCUT2D eigenvalue weighted by Gasteiger charge is -2.33. The van der Waals surface area contributed by atoms with Gasteiger partial charge in [0.1, 0.15) is 18.3 Å². The minimum atomic E-state index is -4.20. The van der Waals surface area contributed by atoms with Crippen molar-refractivity contribution in [3.63, 3.8) is 0 Å². The van der Waals surface area contributed by atoms with E-state index in [-0.39, 0.29) is 29.1 Å². The number of carbonyl (C=O) groups excluding carboxylic acids is 2. The summed E-state index contributed by atoms with van der Waals surface area (Å²) in [4.78, 5) is 28.6. The zero-order valence-corrected chi connectivity index (χ0v) is 26.1. The summed E-state index contributed by atoms with van der Waals surface area (Å²) in [5.74, 6) is -0.587. The average Bonchev–Trinajstić information content (AvgIpc) is 2.95. The predicted molar refractivity (Wildman–Crippen MR) is 163 cm³/mol. The molecule has 220 valence electrons. The Balaban J connectivity index is 2.08. The average molecular weight is 621 g/mol. The number of halogens is 2. The quantitative estimate of drug-likeness (QED) is 0.275. The first-order valence-corrected chi connectivity index (χ1v) is 15.3. The molecule has 0 bridgehead atoms. The van der Waals surface area contributed by atoms with E-state index >= 15 is 0 Å². The number of rotatable bonds is 12. The van der Waals surface area contributed by atoms with Crippen LogP contribution in [0.25, 0.3) is 0 Å². The minimum Gasteiger partial charge on any atom is -0.497 e. The number of nitrogens with zero attached hydrogens (tertiary/aromatic N) is 2. The van der Waals surface area contributed by atoms with Gasteiger partial charge >= 0.3 is 0 Å². The highest BCUT2D eigenvalue weighted by atomic mass is 35.5. The second-order valence-corrected chi connectivity index (χ2v) is 12.4. The van der Waals surface area contributed by atoms with Crippen molar-refractivity contribution in [1.82, 2.24) is 10.2 Å². The Morgan fingerprint density at radius 3 is 2.17 bits per heavy atom. The van der Waals surface area contributed by atoms with E-state index in [2.05, 4.69) is 5.32 Å². The van der Waals surface area contributed by atoms with E-state index in [1.54, 1.807) is 55.5 Å². The van der Waals surface area contributed by atoms with E-state index < -0.39 is 28.5 Å². The van der Waals surface area contributed by atoms with E-state index in [0.717, 1.165) is 9.87 Å². The van der Waals surface area contributed by atoms with Gasteiger partial charge in [-0.25, -0.2) is 8.42 Å². The molecule has 8 nitrogen and oxygen atoms in total. The SMILES string of the molecule is CC[C@@H](C)NC(=O)[C@@H](C)N(Cc1c(Cl)cccc1Cl)C(=O)CN(c1cccc(OC)c1)S(=O)(=O)c1ccc(C)cc1. The number of hydrogen-bond acceptors (Lipinski definition) is 5. The number of carbonyl (C=O) groups is 2. The topological polar surface area (TPSA) is 96.0 Å². The summed E-state index contributed by atoms with van der Waals surface area (Å²) in [5, 5.41) is 3.54. The van der Waals surface area contributed by atoms with Crippen LogP contribution in [-0.4, -0.2) is 50.9 Å². The monoisotopic (exact) mass is 619 g/mol.